The summed E-state index contributed by atoms with van der Waals surface area (Å²) in [5.74, 6) is -2.00. The molecular formula is C18H15F4N3O2. The Morgan fingerprint density at radius 1 is 1.07 bits per heavy atom. The van der Waals surface area contributed by atoms with E-state index in [1.807, 2.05) is 0 Å². The van der Waals surface area contributed by atoms with E-state index in [0.717, 1.165) is 18.2 Å². The Balaban J connectivity index is 1.98. The van der Waals surface area contributed by atoms with Crippen LogP contribution in [0.15, 0.2) is 53.6 Å². The Morgan fingerprint density at radius 3 is 2.44 bits per heavy atom. The summed E-state index contributed by atoms with van der Waals surface area (Å²) in [5.41, 5.74) is 1.01. The van der Waals surface area contributed by atoms with E-state index < -0.39 is 29.4 Å². The van der Waals surface area contributed by atoms with Crippen molar-refractivity contribution in [2.24, 2.45) is 5.10 Å². The number of anilines is 1. The molecule has 0 unspecified atom stereocenters. The molecule has 0 aromatic heterocycles. The molecule has 2 aromatic rings. The van der Waals surface area contributed by atoms with E-state index in [9.17, 15) is 27.2 Å². The van der Waals surface area contributed by atoms with Crippen LogP contribution in [0.25, 0.3) is 0 Å². The average molecular weight is 381 g/mol. The first-order chi connectivity index (χ1) is 12.7. The summed E-state index contributed by atoms with van der Waals surface area (Å²) in [4.78, 5) is 23.8. The Bertz CT molecular complexity index is 879. The molecule has 2 aromatic carbocycles. The maximum atomic E-state index is 13.1. The lowest BCUT2D eigenvalue weighted by Crippen LogP contribution is -2.22. The number of carbonyl (C=O) groups excluding carboxylic acids is 2. The Hall–Kier alpha value is -3.23. The van der Waals surface area contributed by atoms with Crippen LogP contribution in [0.3, 0.4) is 0 Å². The number of hydrazone groups is 1. The molecule has 0 radical (unpaired) electrons. The second kappa shape index (κ2) is 8.43. The number of rotatable bonds is 5. The summed E-state index contributed by atoms with van der Waals surface area (Å²) in [6, 6.07) is 9.50. The highest BCUT2D eigenvalue weighted by Crippen LogP contribution is 2.34. The summed E-state index contributed by atoms with van der Waals surface area (Å²) < 4.78 is 51.8. The van der Waals surface area contributed by atoms with Crippen molar-refractivity contribution in [3.05, 3.63) is 65.5 Å². The van der Waals surface area contributed by atoms with Gasteiger partial charge in [0, 0.05) is 11.3 Å². The van der Waals surface area contributed by atoms with Crippen molar-refractivity contribution in [1.29, 1.82) is 0 Å². The van der Waals surface area contributed by atoms with Gasteiger partial charge in [0.1, 0.15) is 5.82 Å². The molecule has 5 nitrogen and oxygen atoms in total. The fourth-order valence-electron chi connectivity index (χ4n) is 2.15. The molecule has 0 heterocycles. The number of nitrogens with one attached hydrogen (secondary N) is 2. The SMILES string of the molecule is C/C(CC(=O)Nc1ccccc1C(F)(F)F)=N/NC(=O)c1cccc(F)c1. The topological polar surface area (TPSA) is 70.6 Å². The summed E-state index contributed by atoms with van der Waals surface area (Å²) in [5, 5.41) is 5.87. The second-order valence-corrected chi connectivity index (χ2v) is 5.57. The molecule has 2 amide bonds. The molecule has 0 atom stereocenters. The molecular weight excluding hydrogens is 366 g/mol. The first kappa shape index (κ1) is 20.1. The van der Waals surface area contributed by atoms with Gasteiger partial charge in [0.25, 0.3) is 5.91 Å². The van der Waals surface area contributed by atoms with Gasteiger partial charge in [-0.1, -0.05) is 18.2 Å². The van der Waals surface area contributed by atoms with Gasteiger partial charge in [-0.15, -0.1) is 0 Å². The average Bonchev–Trinajstić information content (AvgIpc) is 2.59. The van der Waals surface area contributed by atoms with Crippen molar-refractivity contribution in [1.82, 2.24) is 5.43 Å². The number of hydrogen-bond donors (Lipinski definition) is 2. The van der Waals surface area contributed by atoms with E-state index in [2.05, 4.69) is 15.8 Å². The van der Waals surface area contributed by atoms with E-state index in [-0.39, 0.29) is 23.4 Å². The van der Waals surface area contributed by atoms with E-state index in [4.69, 9.17) is 0 Å². The highest BCUT2D eigenvalue weighted by atomic mass is 19.4. The zero-order chi connectivity index (χ0) is 20.0. The largest absolute Gasteiger partial charge is 0.418 e. The standard InChI is InChI=1S/C18H15F4N3O2/c1-11(24-25-17(27)12-5-4-6-13(19)10-12)9-16(26)23-15-8-3-2-7-14(15)18(20,21)22/h2-8,10H,9H2,1H3,(H,23,26)(H,25,27)/b24-11-. The third kappa shape index (κ3) is 5.91. The van der Waals surface area contributed by atoms with Crippen molar-refractivity contribution in [3.8, 4) is 0 Å². The molecule has 2 rings (SSSR count). The molecule has 0 saturated heterocycles. The molecule has 0 fully saturated rings. The number of alkyl halides is 3. The lowest BCUT2D eigenvalue weighted by molar-refractivity contribution is -0.137. The zero-order valence-corrected chi connectivity index (χ0v) is 14.1. The molecule has 2 N–H and O–H groups in total. The molecule has 142 valence electrons. The van der Waals surface area contributed by atoms with Crippen LogP contribution in [0.1, 0.15) is 29.3 Å². The molecule has 0 aliphatic rings. The van der Waals surface area contributed by atoms with Crippen molar-refractivity contribution < 1.29 is 27.2 Å². The van der Waals surface area contributed by atoms with Gasteiger partial charge in [-0.05, 0) is 37.3 Å². The van der Waals surface area contributed by atoms with Crippen LogP contribution in [0.4, 0.5) is 23.2 Å². The van der Waals surface area contributed by atoms with Gasteiger partial charge in [-0.3, -0.25) is 9.59 Å². The van der Waals surface area contributed by atoms with Crippen molar-refractivity contribution in [2.45, 2.75) is 19.5 Å². The Labute approximate surface area is 152 Å². The molecule has 27 heavy (non-hydrogen) atoms. The minimum absolute atomic E-state index is 0.0371. The molecule has 0 aliphatic carbocycles. The maximum Gasteiger partial charge on any atom is 0.418 e. The van der Waals surface area contributed by atoms with Crippen LogP contribution in [-0.4, -0.2) is 17.5 Å². The number of nitrogens with zero attached hydrogens (tertiary/aromatic N) is 1. The molecule has 0 bridgehead atoms. The highest BCUT2D eigenvalue weighted by Gasteiger charge is 2.33. The third-order valence-corrected chi connectivity index (χ3v) is 3.36. The summed E-state index contributed by atoms with van der Waals surface area (Å²) in [7, 11) is 0. The smallest absolute Gasteiger partial charge is 0.325 e. The van der Waals surface area contributed by atoms with Crippen LogP contribution in [0.5, 0.6) is 0 Å². The zero-order valence-electron chi connectivity index (χ0n) is 14.1. The fraction of sp³-hybridized carbons (Fsp3) is 0.167. The van der Waals surface area contributed by atoms with Gasteiger partial charge < -0.3 is 5.32 Å². The van der Waals surface area contributed by atoms with Gasteiger partial charge in [0.05, 0.1) is 17.7 Å². The number of halogens is 4. The van der Waals surface area contributed by atoms with E-state index in [1.165, 1.54) is 37.3 Å². The monoisotopic (exact) mass is 381 g/mol. The number of para-hydroxylation sites is 1. The maximum absolute atomic E-state index is 13.1. The van der Waals surface area contributed by atoms with E-state index in [0.29, 0.717) is 0 Å². The first-order valence-corrected chi connectivity index (χ1v) is 7.72. The Kier molecular flexibility index (Phi) is 6.27. The van der Waals surface area contributed by atoms with Gasteiger partial charge in [0.2, 0.25) is 5.91 Å². The van der Waals surface area contributed by atoms with Crippen molar-refractivity contribution in [3.63, 3.8) is 0 Å². The van der Waals surface area contributed by atoms with Crippen LogP contribution in [-0.2, 0) is 11.0 Å². The van der Waals surface area contributed by atoms with E-state index in [1.54, 1.807) is 0 Å². The summed E-state index contributed by atoms with van der Waals surface area (Å²) >= 11 is 0. The molecule has 0 spiro atoms. The quantitative estimate of drug-likeness (QED) is 0.467. The van der Waals surface area contributed by atoms with Gasteiger partial charge in [-0.2, -0.15) is 18.3 Å². The minimum Gasteiger partial charge on any atom is -0.325 e. The predicted octanol–water partition coefficient (Wildman–Crippen LogP) is 3.98. The first-order valence-electron chi connectivity index (χ1n) is 7.72. The van der Waals surface area contributed by atoms with Crippen LogP contribution in [0, 0.1) is 5.82 Å². The molecule has 0 saturated carbocycles. The Morgan fingerprint density at radius 2 is 1.78 bits per heavy atom. The number of amides is 2. The normalized spacial score (nSPS) is 11.8. The predicted molar refractivity (Wildman–Crippen MR) is 91.7 cm³/mol. The lowest BCUT2D eigenvalue weighted by Gasteiger charge is -2.13. The highest BCUT2D eigenvalue weighted by molar-refractivity contribution is 6.06. The summed E-state index contributed by atoms with van der Waals surface area (Å²) in [6.07, 6.45) is -4.94. The van der Waals surface area contributed by atoms with Crippen LogP contribution >= 0.6 is 0 Å². The number of benzene rings is 2. The third-order valence-electron chi connectivity index (χ3n) is 3.36. The molecule has 9 heteroatoms. The number of carbonyl (C=O) groups is 2. The fourth-order valence-corrected chi connectivity index (χ4v) is 2.15. The van der Waals surface area contributed by atoms with Crippen molar-refractivity contribution >= 4 is 23.2 Å². The van der Waals surface area contributed by atoms with Crippen molar-refractivity contribution in [2.75, 3.05) is 5.32 Å². The van der Waals surface area contributed by atoms with Crippen LogP contribution < -0.4 is 10.7 Å². The minimum atomic E-state index is -4.61. The lowest BCUT2D eigenvalue weighted by atomic mass is 10.1. The van der Waals surface area contributed by atoms with Crippen LogP contribution in [0.2, 0.25) is 0 Å². The van der Waals surface area contributed by atoms with Gasteiger partial charge in [-0.25, -0.2) is 9.82 Å². The van der Waals surface area contributed by atoms with E-state index >= 15 is 0 Å². The van der Waals surface area contributed by atoms with Gasteiger partial charge >= 0.3 is 6.18 Å². The molecule has 0 aliphatic heterocycles. The number of hydrogen-bond acceptors (Lipinski definition) is 3. The van der Waals surface area contributed by atoms with Gasteiger partial charge in [0.15, 0.2) is 0 Å². The summed E-state index contributed by atoms with van der Waals surface area (Å²) in [6.45, 7) is 1.42. The second-order valence-electron chi connectivity index (χ2n) is 5.57.